The number of Topliss-reactive ketones (excluding diaryl/α,β-unsaturated/α-hetero) is 1. The lowest BCUT2D eigenvalue weighted by atomic mass is 9.50. The van der Waals surface area contributed by atoms with Crippen molar-refractivity contribution in [3.8, 4) is 5.75 Å². The third-order valence-corrected chi connectivity index (χ3v) is 8.54. The summed E-state index contributed by atoms with van der Waals surface area (Å²) in [6.07, 6.45) is 4.71. The van der Waals surface area contributed by atoms with Crippen molar-refractivity contribution in [2.45, 2.75) is 52.4 Å². The highest BCUT2D eigenvalue weighted by Gasteiger charge is 2.79. The van der Waals surface area contributed by atoms with Crippen molar-refractivity contribution in [2.75, 3.05) is 7.11 Å². The smallest absolute Gasteiger partial charge is 0.142 e. The molecule has 0 aliphatic heterocycles. The molecule has 0 N–H and O–H groups in total. The molecule has 5 rings (SSSR count). The fourth-order valence-corrected chi connectivity index (χ4v) is 7.54. The van der Waals surface area contributed by atoms with Gasteiger partial charge in [-0.2, -0.15) is 0 Å². The molecule has 0 saturated heterocycles. The van der Waals surface area contributed by atoms with E-state index in [2.05, 4.69) is 39.0 Å². The Bertz CT molecular complexity index is 737. The zero-order valence-corrected chi connectivity index (χ0v) is 15.3. The lowest BCUT2D eigenvalue weighted by Crippen LogP contribution is -2.49. The number of ketones is 1. The molecule has 4 aliphatic rings. The molecule has 1 aromatic carbocycles. The van der Waals surface area contributed by atoms with E-state index < -0.39 is 0 Å². The van der Waals surface area contributed by atoms with Gasteiger partial charge in [0, 0.05) is 11.3 Å². The second kappa shape index (κ2) is 4.45. The first-order chi connectivity index (χ1) is 11.4. The Hall–Kier alpha value is -1.31. The molecule has 2 heteroatoms. The largest absolute Gasteiger partial charge is 0.497 e. The summed E-state index contributed by atoms with van der Waals surface area (Å²) in [6, 6.07) is 6.69. The number of rotatable bonds is 1. The van der Waals surface area contributed by atoms with Crippen LogP contribution in [-0.2, 0) is 11.2 Å². The van der Waals surface area contributed by atoms with E-state index in [1.807, 2.05) is 0 Å². The van der Waals surface area contributed by atoms with Gasteiger partial charge in [0.05, 0.1) is 7.11 Å². The molecule has 4 aliphatic carbocycles. The van der Waals surface area contributed by atoms with Crippen LogP contribution in [0, 0.1) is 34.5 Å². The van der Waals surface area contributed by atoms with Gasteiger partial charge in [-0.3, -0.25) is 4.79 Å². The van der Waals surface area contributed by atoms with Gasteiger partial charge < -0.3 is 4.74 Å². The van der Waals surface area contributed by atoms with E-state index in [0.717, 1.165) is 18.6 Å². The Morgan fingerprint density at radius 1 is 1.25 bits per heavy atom. The quantitative estimate of drug-likeness (QED) is 0.754. The van der Waals surface area contributed by atoms with Crippen molar-refractivity contribution >= 4 is 5.78 Å². The summed E-state index contributed by atoms with van der Waals surface area (Å²) in [5, 5.41) is 0. The van der Waals surface area contributed by atoms with Crippen molar-refractivity contribution in [2.24, 2.45) is 34.5 Å². The molecule has 1 aromatic rings. The molecule has 24 heavy (non-hydrogen) atoms. The first-order valence-electron chi connectivity index (χ1n) is 9.65. The number of fused-ring (bicyclic) bond motifs is 3. The summed E-state index contributed by atoms with van der Waals surface area (Å²) in [4.78, 5) is 13.0. The molecule has 0 unspecified atom stereocenters. The van der Waals surface area contributed by atoms with Crippen LogP contribution >= 0.6 is 0 Å². The van der Waals surface area contributed by atoms with E-state index in [0.29, 0.717) is 40.8 Å². The van der Waals surface area contributed by atoms with Gasteiger partial charge in [-0.05, 0) is 78.0 Å². The Kier molecular flexibility index (Phi) is 2.78. The zero-order chi connectivity index (χ0) is 16.9. The first kappa shape index (κ1) is 15.0. The highest BCUT2D eigenvalue weighted by molar-refractivity contribution is 5.92. The van der Waals surface area contributed by atoms with Crippen LogP contribution in [0.4, 0.5) is 0 Å². The molecule has 128 valence electrons. The maximum Gasteiger partial charge on any atom is 0.142 e. The molecular weight excluding hydrogens is 296 g/mol. The number of carbonyl (C=O) groups excluding carboxylic acids is 1. The van der Waals surface area contributed by atoms with Crippen molar-refractivity contribution in [1.82, 2.24) is 0 Å². The van der Waals surface area contributed by atoms with Crippen LogP contribution in [0.1, 0.15) is 57.1 Å². The second-order valence-electron chi connectivity index (χ2n) is 9.25. The van der Waals surface area contributed by atoms with Gasteiger partial charge in [-0.15, -0.1) is 0 Å². The predicted molar refractivity (Wildman–Crippen MR) is 94.1 cm³/mol. The molecule has 7 atom stereocenters. The number of ether oxygens (including phenoxy) is 1. The van der Waals surface area contributed by atoms with E-state index in [1.54, 1.807) is 12.7 Å². The molecule has 1 spiro atoms. The van der Waals surface area contributed by atoms with Crippen molar-refractivity contribution in [3.05, 3.63) is 29.3 Å². The van der Waals surface area contributed by atoms with Gasteiger partial charge in [0.25, 0.3) is 0 Å². The number of hydrogen-bond donors (Lipinski definition) is 0. The molecule has 0 heterocycles. The fourth-order valence-electron chi connectivity index (χ4n) is 7.54. The summed E-state index contributed by atoms with van der Waals surface area (Å²) in [7, 11) is 1.75. The summed E-state index contributed by atoms with van der Waals surface area (Å²) < 4.78 is 5.45. The minimum atomic E-state index is -0.0452. The second-order valence-corrected chi connectivity index (χ2v) is 9.25. The average Bonchev–Trinajstić information content (AvgIpc) is 3.28. The van der Waals surface area contributed by atoms with E-state index in [1.165, 1.54) is 18.4 Å². The van der Waals surface area contributed by atoms with E-state index >= 15 is 0 Å². The van der Waals surface area contributed by atoms with Crippen LogP contribution in [0.3, 0.4) is 0 Å². The molecule has 2 nitrogen and oxygen atoms in total. The Balaban J connectivity index is 1.62. The molecule has 3 saturated carbocycles. The van der Waals surface area contributed by atoms with Gasteiger partial charge in [0.15, 0.2) is 0 Å². The van der Waals surface area contributed by atoms with Gasteiger partial charge in [-0.25, -0.2) is 0 Å². The average molecular weight is 324 g/mol. The Labute approximate surface area is 145 Å². The molecule has 0 amide bonds. The monoisotopic (exact) mass is 324 g/mol. The van der Waals surface area contributed by atoms with Crippen LogP contribution in [0.5, 0.6) is 5.75 Å². The molecule has 0 radical (unpaired) electrons. The Morgan fingerprint density at radius 2 is 2.04 bits per heavy atom. The van der Waals surface area contributed by atoms with Crippen LogP contribution < -0.4 is 4.74 Å². The van der Waals surface area contributed by atoms with E-state index in [-0.39, 0.29) is 5.41 Å². The number of benzene rings is 1. The zero-order valence-electron chi connectivity index (χ0n) is 15.3. The first-order valence-corrected chi connectivity index (χ1v) is 9.65. The maximum atomic E-state index is 13.0. The number of carbonyl (C=O) groups is 1. The number of methoxy groups -OCH3 is 1. The van der Waals surface area contributed by atoms with E-state index in [9.17, 15) is 4.79 Å². The van der Waals surface area contributed by atoms with Crippen LogP contribution in [0.2, 0.25) is 0 Å². The van der Waals surface area contributed by atoms with Gasteiger partial charge in [0.2, 0.25) is 0 Å². The summed E-state index contributed by atoms with van der Waals surface area (Å²) in [5.74, 6) is 4.50. The summed E-state index contributed by atoms with van der Waals surface area (Å²) >= 11 is 0. The SMILES string of the molecule is COc1ccc2c(c1)C[C@@H](C)[C@@H]1[C@@H]2CC[C@]2(C)C(=O)[C@H](C)[C@@H]3C[C@]132. The lowest BCUT2D eigenvalue weighted by Gasteiger charge is -2.53. The van der Waals surface area contributed by atoms with Crippen LogP contribution in [0.25, 0.3) is 0 Å². The molecule has 3 fully saturated rings. The highest BCUT2D eigenvalue weighted by Crippen LogP contribution is 2.82. The van der Waals surface area contributed by atoms with Crippen molar-refractivity contribution < 1.29 is 9.53 Å². The normalized spacial score (nSPS) is 48.2. The standard InChI is InChI=1S/C22H28O2/c1-12-9-14-10-15(24-4)5-6-16(14)17-7-8-21(3)20(23)13(2)18-11-22(18,21)19(12)17/h5-6,10,12-13,17-19H,7-9,11H2,1-4H3/t12-,13-,17-,18+,19-,21-,22-/m1/s1. The maximum absolute atomic E-state index is 13.0. The summed E-state index contributed by atoms with van der Waals surface area (Å²) in [5.41, 5.74) is 3.30. The minimum Gasteiger partial charge on any atom is -0.497 e. The van der Waals surface area contributed by atoms with Gasteiger partial charge in [0.1, 0.15) is 11.5 Å². The molecule has 0 aromatic heterocycles. The lowest BCUT2D eigenvalue weighted by molar-refractivity contribution is -0.136. The molecule has 0 bridgehead atoms. The fraction of sp³-hybridized carbons (Fsp3) is 0.682. The van der Waals surface area contributed by atoms with Crippen molar-refractivity contribution in [3.63, 3.8) is 0 Å². The van der Waals surface area contributed by atoms with Gasteiger partial charge >= 0.3 is 0 Å². The van der Waals surface area contributed by atoms with Gasteiger partial charge in [-0.1, -0.05) is 26.8 Å². The van der Waals surface area contributed by atoms with Crippen LogP contribution in [0.15, 0.2) is 18.2 Å². The summed E-state index contributed by atoms with van der Waals surface area (Å²) in [6.45, 7) is 6.95. The van der Waals surface area contributed by atoms with Crippen LogP contribution in [-0.4, -0.2) is 12.9 Å². The minimum absolute atomic E-state index is 0.0452. The molecular formula is C22H28O2. The predicted octanol–water partition coefficient (Wildman–Crippen LogP) is 4.61. The number of hydrogen-bond acceptors (Lipinski definition) is 2. The van der Waals surface area contributed by atoms with E-state index in [4.69, 9.17) is 4.74 Å². The highest BCUT2D eigenvalue weighted by atomic mass is 16.5. The third-order valence-electron chi connectivity index (χ3n) is 8.54. The Morgan fingerprint density at radius 3 is 2.79 bits per heavy atom. The topological polar surface area (TPSA) is 26.3 Å². The van der Waals surface area contributed by atoms with Crippen molar-refractivity contribution in [1.29, 1.82) is 0 Å². The third kappa shape index (κ3) is 1.48.